The lowest BCUT2D eigenvalue weighted by atomic mass is 9.92. The van der Waals surface area contributed by atoms with Gasteiger partial charge in [0, 0.05) is 50.3 Å². The van der Waals surface area contributed by atoms with E-state index in [9.17, 15) is 13.2 Å². The molecule has 3 heterocycles. The topological polar surface area (TPSA) is 90.1 Å². The number of hydrogen-bond donors (Lipinski definition) is 0. The quantitative estimate of drug-likeness (QED) is 0.720. The van der Waals surface area contributed by atoms with Gasteiger partial charge in [-0.1, -0.05) is 34.6 Å². The summed E-state index contributed by atoms with van der Waals surface area (Å²) in [5, 5.41) is 4.66. The second kappa shape index (κ2) is 8.26. The van der Waals surface area contributed by atoms with Gasteiger partial charge in [-0.2, -0.15) is 9.40 Å². The second-order valence-electron chi connectivity index (χ2n) is 9.54. The van der Waals surface area contributed by atoms with Gasteiger partial charge in [0.05, 0.1) is 5.69 Å². The normalized spacial score (nSPS) is 17.0. The number of imidazole rings is 1. The summed E-state index contributed by atoms with van der Waals surface area (Å²) in [7, 11) is -1.79. The van der Waals surface area contributed by atoms with Crippen LogP contribution in [0.2, 0.25) is 0 Å². The Kier molecular flexibility index (Phi) is 6.25. The molecule has 0 atom stereocenters. The van der Waals surface area contributed by atoms with Crippen molar-refractivity contribution in [2.24, 2.45) is 13.0 Å². The smallest absolute Gasteiger partial charge is 0.266 e. The number of hydrogen-bond acceptors (Lipinski definition) is 5. The molecule has 0 aliphatic carbocycles. The van der Waals surface area contributed by atoms with Crippen molar-refractivity contribution in [3.63, 3.8) is 0 Å². The number of aromatic nitrogens is 4. The molecule has 9 heteroatoms. The van der Waals surface area contributed by atoms with E-state index in [1.165, 1.54) is 8.99 Å². The molecule has 0 amide bonds. The van der Waals surface area contributed by atoms with E-state index in [0.29, 0.717) is 32.5 Å². The van der Waals surface area contributed by atoms with Crippen molar-refractivity contribution in [1.29, 1.82) is 0 Å². The summed E-state index contributed by atoms with van der Waals surface area (Å²) in [5.41, 5.74) is 0.621. The molecule has 0 unspecified atom stereocenters. The van der Waals surface area contributed by atoms with Gasteiger partial charge in [-0.15, -0.1) is 0 Å². The summed E-state index contributed by atoms with van der Waals surface area (Å²) in [4.78, 5) is 16.6. The minimum atomic E-state index is -3.61. The van der Waals surface area contributed by atoms with Gasteiger partial charge >= 0.3 is 0 Å². The van der Waals surface area contributed by atoms with Crippen molar-refractivity contribution >= 4 is 10.0 Å². The van der Waals surface area contributed by atoms with E-state index in [2.05, 4.69) is 30.9 Å². The lowest BCUT2D eigenvalue weighted by Gasteiger charge is -2.30. The number of nitrogens with zero attached hydrogens (tertiary/aromatic N) is 5. The van der Waals surface area contributed by atoms with Crippen LogP contribution in [0, 0.1) is 5.92 Å². The van der Waals surface area contributed by atoms with Gasteiger partial charge in [0.2, 0.25) is 0 Å². The van der Waals surface area contributed by atoms with E-state index in [0.717, 1.165) is 11.5 Å². The van der Waals surface area contributed by atoms with Crippen LogP contribution in [0.15, 0.2) is 28.2 Å². The first-order chi connectivity index (χ1) is 13.9. The standard InChI is InChI=1S/C21H33N5O3S/c1-15(2)20-22-18(14-24(20)6)30(28,29)25-11-9-16(10-12-25)13-26-19(27)8-7-17(23-26)21(3,4)5/h7-8,14-16H,9-13H2,1-6H3. The van der Waals surface area contributed by atoms with Crippen molar-refractivity contribution in [3.8, 4) is 0 Å². The average molecular weight is 436 g/mol. The zero-order valence-corrected chi connectivity index (χ0v) is 19.6. The first-order valence-corrected chi connectivity index (χ1v) is 12.0. The fourth-order valence-corrected chi connectivity index (χ4v) is 5.26. The van der Waals surface area contributed by atoms with Gasteiger partial charge in [0.1, 0.15) is 5.82 Å². The first-order valence-electron chi connectivity index (χ1n) is 10.5. The highest BCUT2D eigenvalue weighted by atomic mass is 32.2. The molecule has 0 N–H and O–H groups in total. The van der Waals surface area contributed by atoms with E-state index in [-0.39, 0.29) is 27.8 Å². The van der Waals surface area contributed by atoms with Crippen molar-refractivity contribution in [2.45, 2.75) is 70.4 Å². The molecule has 1 aliphatic heterocycles. The van der Waals surface area contributed by atoms with E-state index in [1.807, 2.05) is 20.9 Å². The number of sulfonamides is 1. The highest BCUT2D eigenvalue weighted by Crippen LogP contribution is 2.26. The highest BCUT2D eigenvalue weighted by molar-refractivity contribution is 7.89. The van der Waals surface area contributed by atoms with Gasteiger partial charge in [0.25, 0.3) is 15.6 Å². The predicted molar refractivity (Wildman–Crippen MR) is 116 cm³/mol. The van der Waals surface area contributed by atoms with Crippen molar-refractivity contribution < 1.29 is 8.42 Å². The van der Waals surface area contributed by atoms with Gasteiger partial charge in [-0.3, -0.25) is 4.79 Å². The van der Waals surface area contributed by atoms with Crippen LogP contribution in [-0.2, 0) is 29.0 Å². The van der Waals surface area contributed by atoms with Gasteiger partial charge in [-0.05, 0) is 24.8 Å². The molecule has 1 aliphatic rings. The van der Waals surface area contributed by atoms with E-state index in [1.54, 1.807) is 22.9 Å². The third-order valence-corrected chi connectivity index (χ3v) is 7.42. The van der Waals surface area contributed by atoms with Crippen LogP contribution in [0.3, 0.4) is 0 Å². The van der Waals surface area contributed by atoms with Crippen LogP contribution in [0.1, 0.15) is 64.9 Å². The fourth-order valence-electron chi connectivity index (χ4n) is 3.80. The molecule has 1 saturated heterocycles. The molecular formula is C21H33N5O3S. The van der Waals surface area contributed by atoms with Crippen LogP contribution in [0.5, 0.6) is 0 Å². The molecule has 0 aromatic carbocycles. The van der Waals surface area contributed by atoms with Crippen LogP contribution in [0.25, 0.3) is 0 Å². The van der Waals surface area contributed by atoms with Gasteiger partial charge in [0.15, 0.2) is 5.03 Å². The Labute approximate surface area is 179 Å². The van der Waals surface area contributed by atoms with Crippen molar-refractivity contribution in [3.05, 3.63) is 40.2 Å². The summed E-state index contributed by atoms with van der Waals surface area (Å²) in [6.45, 7) is 11.5. The molecule has 0 spiro atoms. The maximum absolute atomic E-state index is 13.0. The zero-order valence-electron chi connectivity index (χ0n) is 18.8. The molecule has 3 rings (SSSR count). The summed E-state index contributed by atoms with van der Waals surface area (Å²) in [6, 6.07) is 3.35. The molecular weight excluding hydrogens is 402 g/mol. The van der Waals surface area contributed by atoms with E-state index >= 15 is 0 Å². The Balaban J connectivity index is 1.69. The van der Waals surface area contributed by atoms with Crippen LogP contribution < -0.4 is 5.56 Å². The third kappa shape index (κ3) is 4.67. The SMILES string of the molecule is CC(C)c1nc(S(=O)(=O)N2CCC(Cn3nc(C(C)(C)C)ccc3=O)CC2)cn1C. The molecule has 2 aromatic rings. The Hall–Kier alpha value is -2.00. The molecule has 1 fully saturated rings. The third-order valence-electron chi connectivity index (χ3n) is 5.65. The monoisotopic (exact) mass is 435 g/mol. The Morgan fingerprint density at radius 2 is 1.80 bits per heavy atom. The van der Waals surface area contributed by atoms with Crippen LogP contribution >= 0.6 is 0 Å². The Morgan fingerprint density at radius 1 is 1.17 bits per heavy atom. The lowest BCUT2D eigenvalue weighted by molar-refractivity contribution is 0.243. The average Bonchev–Trinajstić information content (AvgIpc) is 3.06. The maximum atomic E-state index is 13.0. The molecule has 166 valence electrons. The maximum Gasteiger partial charge on any atom is 0.266 e. The molecule has 0 saturated carbocycles. The minimum absolute atomic E-state index is 0.114. The fraction of sp³-hybridized carbons (Fsp3) is 0.667. The summed E-state index contributed by atoms with van der Waals surface area (Å²) in [5.74, 6) is 1.12. The number of piperidine rings is 1. The molecule has 0 radical (unpaired) electrons. The summed E-state index contributed by atoms with van der Waals surface area (Å²) < 4.78 is 30.9. The molecule has 0 bridgehead atoms. The number of rotatable bonds is 5. The van der Waals surface area contributed by atoms with E-state index < -0.39 is 10.0 Å². The summed E-state index contributed by atoms with van der Waals surface area (Å²) in [6.07, 6.45) is 2.98. The first kappa shape index (κ1) is 22.7. The van der Waals surface area contributed by atoms with Crippen molar-refractivity contribution in [1.82, 2.24) is 23.6 Å². The Bertz CT molecular complexity index is 1060. The molecule has 30 heavy (non-hydrogen) atoms. The molecule has 2 aromatic heterocycles. The molecule has 8 nitrogen and oxygen atoms in total. The Morgan fingerprint density at radius 3 is 2.33 bits per heavy atom. The number of aryl methyl sites for hydroxylation is 1. The van der Waals surface area contributed by atoms with Gasteiger partial charge in [-0.25, -0.2) is 18.1 Å². The van der Waals surface area contributed by atoms with Gasteiger partial charge < -0.3 is 4.57 Å². The minimum Gasteiger partial charge on any atom is -0.336 e. The van der Waals surface area contributed by atoms with E-state index in [4.69, 9.17) is 0 Å². The second-order valence-corrected chi connectivity index (χ2v) is 11.4. The lowest BCUT2D eigenvalue weighted by Crippen LogP contribution is -2.40. The summed E-state index contributed by atoms with van der Waals surface area (Å²) >= 11 is 0. The predicted octanol–water partition coefficient (Wildman–Crippen LogP) is 2.50. The van der Waals surface area contributed by atoms with Crippen LogP contribution in [0.4, 0.5) is 0 Å². The largest absolute Gasteiger partial charge is 0.336 e. The zero-order chi connectivity index (χ0) is 22.3. The highest BCUT2D eigenvalue weighted by Gasteiger charge is 2.32. The van der Waals surface area contributed by atoms with Crippen molar-refractivity contribution in [2.75, 3.05) is 13.1 Å². The van der Waals surface area contributed by atoms with Crippen LogP contribution in [-0.4, -0.2) is 45.1 Å².